The molecule has 2 aromatic carbocycles. The van der Waals surface area contributed by atoms with Gasteiger partial charge in [0.15, 0.2) is 11.5 Å². The Labute approximate surface area is 179 Å². The van der Waals surface area contributed by atoms with E-state index in [0.29, 0.717) is 26.2 Å². The van der Waals surface area contributed by atoms with Crippen molar-refractivity contribution in [3.63, 3.8) is 0 Å². The van der Waals surface area contributed by atoms with Crippen LogP contribution in [0.3, 0.4) is 0 Å². The van der Waals surface area contributed by atoms with Crippen molar-refractivity contribution in [1.29, 1.82) is 0 Å². The number of hydrogen-bond donors (Lipinski definition) is 2. The maximum absolute atomic E-state index is 11.3. The number of carbonyl (C=O) groups excluding carboxylic acids is 1. The molecular formula is C19H17IN2O7. The Morgan fingerprint density at radius 2 is 2.03 bits per heavy atom. The Bertz CT molecular complexity index is 989. The smallest absolute Gasteiger partial charge is 0.352 e. The van der Waals surface area contributed by atoms with E-state index >= 15 is 0 Å². The Morgan fingerprint density at radius 3 is 2.62 bits per heavy atom. The first kappa shape index (κ1) is 22.1. The fourth-order valence-corrected chi connectivity index (χ4v) is 3.17. The minimum absolute atomic E-state index is 0.0348. The number of nitro benzene ring substituents is 1. The lowest BCUT2D eigenvalue weighted by Gasteiger charge is -2.14. The summed E-state index contributed by atoms with van der Waals surface area (Å²) in [6.45, 7) is 1.29. The van der Waals surface area contributed by atoms with Crippen LogP contribution in [0, 0.1) is 13.7 Å². The summed E-state index contributed by atoms with van der Waals surface area (Å²) in [6.07, 6.45) is 1.30. The summed E-state index contributed by atoms with van der Waals surface area (Å²) in [4.78, 5) is 32.9. The summed E-state index contributed by atoms with van der Waals surface area (Å²) in [5, 5.41) is 22.4. The number of amides is 1. The number of rotatable bonds is 8. The van der Waals surface area contributed by atoms with Gasteiger partial charge in [0.25, 0.3) is 5.69 Å². The highest BCUT2D eigenvalue weighted by Gasteiger charge is 2.15. The number of nitrogens with one attached hydrogen (secondary N) is 1. The third-order valence-electron chi connectivity index (χ3n) is 3.61. The highest BCUT2D eigenvalue weighted by Crippen LogP contribution is 2.35. The van der Waals surface area contributed by atoms with Gasteiger partial charge in [-0.25, -0.2) is 4.79 Å². The molecule has 0 bridgehead atoms. The SMILES string of the molecule is COc1cc(/C=C(/NC(C)=O)C(=O)O)cc(I)c1OCc1cccc([N+](=O)[O-])c1. The minimum atomic E-state index is -1.28. The fraction of sp³-hybridized carbons (Fsp3) is 0.158. The summed E-state index contributed by atoms with van der Waals surface area (Å²) in [7, 11) is 1.44. The average molecular weight is 512 g/mol. The summed E-state index contributed by atoms with van der Waals surface area (Å²) >= 11 is 2.01. The van der Waals surface area contributed by atoms with Crippen LogP contribution in [0.15, 0.2) is 42.1 Å². The largest absolute Gasteiger partial charge is 0.493 e. The molecule has 0 aliphatic carbocycles. The van der Waals surface area contributed by atoms with Crippen molar-refractivity contribution < 1.29 is 29.1 Å². The summed E-state index contributed by atoms with van der Waals surface area (Å²) in [5.41, 5.74) is 0.785. The zero-order valence-electron chi connectivity index (χ0n) is 15.5. The first-order chi connectivity index (χ1) is 13.7. The molecule has 1 amide bonds. The van der Waals surface area contributed by atoms with Gasteiger partial charge in [0.05, 0.1) is 15.6 Å². The number of carbonyl (C=O) groups is 2. The lowest BCUT2D eigenvalue weighted by molar-refractivity contribution is -0.384. The van der Waals surface area contributed by atoms with Crippen LogP contribution in [0.5, 0.6) is 11.5 Å². The molecule has 152 valence electrons. The van der Waals surface area contributed by atoms with E-state index in [-0.39, 0.29) is 18.0 Å². The van der Waals surface area contributed by atoms with Crippen molar-refractivity contribution in [2.45, 2.75) is 13.5 Å². The second-order valence-corrected chi connectivity index (χ2v) is 6.96. The fourth-order valence-electron chi connectivity index (χ4n) is 2.39. The predicted octanol–water partition coefficient (Wildman–Crippen LogP) is 3.35. The molecule has 0 atom stereocenters. The molecule has 29 heavy (non-hydrogen) atoms. The molecule has 0 radical (unpaired) electrons. The van der Waals surface area contributed by atoms with E-state index in [1.807, 2.05) is 22.6 Å². The highest BCUT2D eigenvalue weighted by molar-refractivity contribution is 14.1. The first-order valence-electron chi connectivity index (χ1n) is 8.17. The van der Waals surface area contributed by atoms with E-state index in [1.165, 1.54) is 32.2 Å². The van der Waals surface area contributed by atoms with Crippen molar-refractivity contribution in [2.75, 3.05) is 7.11 Å². The number of carboxylic acids is 1. The number of methoxy groups -OCH3 is 1. The molecule has 0 spiro atoms. The lowest BCUT2D eigenvalue weighted by atomic mass is 10.1. The second kappa shape index (κ2) is 9.87. The minimum Gasteiger partial charge on any atom is -0.493 e. The van der Waals surface area contributed by atoms with Gasteiger partial charge in [-0.2, -0.15) is 0 Å². The van der Waals surface area contributed by atoms with Crippen LogP contribution in [-0.4, -0.2) is 29.0 Å². The molecule has 0 saturated heterocycles. The van der Waals surface area contributed by atoms with E-state index in [2.05, 4.69) is 5.32 Å². The number of benzene rings is 2. The predicted molar refractivity (Wildman–Crippen MR) is 113 cm³/mol. The number of carboxylic acid groups (broad SMARTS) is 1. The number of hydrogen-bond acceptors (Lipinski definition) is 6. The molecule has 0 fully saturated rings. The van der Waals surface area contributed by atoms with E-state index in [1.54, 1.807) is 24.3 Å². The highest BCUT2D eigenvalue weighted by atomic mass is 127. The van der Waals surface area contributed by atoms with Gasteiger partial charge < -0.3 is 19.9 Å². The number of nitrogens with zero attached hydrogens (tertiary/aromatic N) is 1. The van der Waals surface area contributed by atoms with Crippen LogP contribution < -0.4 is 14.8 Å². The Hall–Kier alpha value is -3.15. The van der Waals surface area contributed by atoms with E-state index in [0.717, 1.165) is 0 Å². The Morgan fingerprint density at radius 1 is 1.31 bits per heavy atom. The van der Waals surface area contributed by atoms with Gasteiger partial charge in [-0.05, 0) is 51.9 Å². The van der Waals surface area contributed by atoms with Gasteiger partial charge in [0.1, 0.15) is 12.3 Å². The van der Waals surface area contributed by atoms with Gasteiger partial charge in [-0.1, -0.05) is 12.1 Å². The topological polar surface area (TPSA) is 128 Å². The molecule has 9 nitrogen and oxygen atoms in total. The van der Waals surface area contributed by atoms with Gasteiger partial charge >= 0.3 is 5.97 Å². The number of nitro groups is 1. The third-order valence-corrected chi connectivity index (χ3v) is 4.41. The van der Waals surface area contributed by atoms with Gasteiger partial charge in [0.2, 0.25) is 5.91 Å². The molecule has 0 aliphatic heterocycles. The molecule has 2 N–H and O–H groups in total. The van der Waals surface area contributed by atoms with Crippen LogP contribution >= 0.6 is 22.6 Å². The molecule has 0 aliphatic rings. The monoisotopic (exact) mass is 512 g/mol. The maximum Gasteiger partial charge on any atom is 0.352 e. The van der Waals surface area contributed by atoms with Gasteiger partial charge in [-0.15, -0.1) is 0 Å². The van der Waals surface area contributed by atoms with Crippen LogP contribution in [0.2, 0.25) is 0 Å². The number of ether oxygens (including phenoxy) is 2. The van der Waals surface area contributed by atoms with Gasteiger partial charge in [0, 0.05) is 19.1 Å². The molecule has 2 rings (SSSR count). The molecule has 0 aromatic heterocycles. The number of non-ortho nitro benzene ring substituents is 1. The second-order valence-electron chi connectivity index (χ2n) is 5.79. The standard InChI is InChI=1S/C19H17IN2O7/c1-11(23)21-16(19(24)25)8-13-7-15(20)18(17(9-13)28-2)29-10-12-4-3-5-14(6-12)22(26)27/h3-9H,10H2,1-2H3,(H,21,23)(H,24,25)/b16-8+. The molecule has 0 unspecified atom stereocenters. The molecular weight excluding hydrogens is 495 g/mol. The summed E-state index contributed by atoms with van der Waals surface area (Å²) in [6, 6.07) is 9.32. The normalized spacial score (nSPS) is 10.9. The van der Waals surface area contributed by atoms with E-state index in [9.17, 15) is 24.8 Å². The Kier molecular flexibility index (Phi) is 7.53. The molecule has 0 saturated carbocycles. The van der Waals surface area contributed by atoms with Crippen LogP contribution in [0.1, 0.15) is 18.1 Å². The average Bonchev–Trinajstić information content (AvgIpc) is 2.66. The molecule has 0 heterocycles. The zero-order chi connectivity index (χ0) is 21.6. The third kappa shape index (κ3) is 6.17. The van der Waals surface area contributed by atoms with Crippen LogP contribution in [0.4, 0.5) is 5.69 Å². The molecule has 10 heteroatoms. The van der Waals surface area contributed by atoms with Gasteiger partial charge in [-0.3, -0.25) is 14.9 Å². The Balaban J connectivity index is 2.30. The van der Waals surface area contributed by atoms with E-state index < -0.39 is 16.8 Å². The van der Waals surface area contributed by atoms with Crippen molar-refractivity contribution in [1.82, 2.24) is 5.32 Å². The number of aliphatic carboxylic acids is 1. The summed E-state index contributed by atoms with van der Waals surface area (Å²) < 4.78 is 11.8. The van der Waals surface area contributed by atoms with Crippen molar-refractivity contribution >= 4 is 46.2 Å². The van der Waals surface area contributed by atoms with Crippen molar-refractivity contribution in [3.05, 3.63) is 66.9 Å². The maximum atomic E-state index is 11.3. The van der Waals surface area contributed by atoms with Crippen LogP contribution in [-0.2, 0) is 16.2 Å². The number of halogens is 1. The first-order valence-corrected chi connectivity index (χ1v) is 9.25. The summed E-state index contributed by atoms with van der Waals surface area (Å²) in [5.74, 6) is -1.02. The molecule has 2 aromatic rings. The zero-order valence-corrected chi connectivity index (χ0v) is 17.6. The van der Waals surface area contributed by atoms with Crippen molar-refractivity contribution in [2.24, 2.45) is 0 Å². The lowest BCUT2D eigenvalue weighted by Crippen LogP contribution is -2.24. The quantitative estimate of drug-likeness (QED) is 0.240. The van der Waals surface area contributed by atoms with Crippen LogP contribution in [0.25, 0.3) is 6.08 Å². The van der Waals surface area contributed by atoms with Crippen molar-refractivity contribution in [3.8, 4) is 11.5 Å². The van der Waals surface area contributed by atoms with E-state index in [4.69, 9.17) is 9.47 Å².